The number of hydrogen-bond donors (Lipinski definition) is 1. The number of nitrogens with one attached hydrogen (secondary N) is 1. The Labute approximate surface area is 64.0 Å². The van der Waals surface area contributed by atoms with Gasteiger partial charge in [-0.05, 0) is 0 Å². The molecule has 0 saturated heterocycles. The smallest absolute Gasteiger partial charge is 0.267 e. The lowest BCUT2D eigenvalue weighted by Gasteiger charge is -2.04. The second kappa shape index (κ2) is 3.43. The molecule has 0 saturated carbocycles. The summed E-state index contributed by atoms with van der Waals surface area (Å²) < 4.78 is 21.7. The normalized spacial score (nSPS) is 11.1. The van der Waals surface area contributed by atoms with Crippen molar-refractivity contribution in [1.29, 1.82) is 0 Å². The Morgan fingerprint density at radius 3 is 2.22 bits per heavy atom. The van der Waals surface area contributed by atoms with Gasteiger partial charge in [0.1, 0.15) is 0 Å². The SMILES string of the molecule is O=C(F)NSC(F)(Cl)Cl. The molecule has 0 radical (unpaired) electrons. The third kappa shape index (κ3) is 8.26. The molecule has 0 aliphatic rings. The van der Waals surface area contributed by atoms with Crippen LogP contribution in [-0.4, -0.2) is 10.1 Å². The van der Waals surface area contributed by atoms with E-state index >= 15 is 0 Å². The Morgan fingerprint density at radius 1 is 1.67 bits per heavy atom. The Bertz CT molecular complexity index is 116. The molecule has 0 spiro atoms. The monoisotopic (exact) mass is 195 g/mol. The van der Waals surface area contributed by atoms with E-state index in [9.17, 15) is 13.6 Å². The van der Waals surface area contributed by atoms with Crippen LogP contribution < -0.4 is 4.72 Å². The van der Waals surface area contributed by atoms with Gasteiger partial charge in [0.15, 0.2) is 0 Å². The molecule has 0 bridgehead atoms. The molecule has 0 rings (SSSR count). The van der Waals surface area contributed by atoms with Gasteiger partial charge in [-0.3, -0.25) is 4.72 Å². The molecule has 54 valence electrons. The second-order valence-electron chi connectivity index (χ2n) is 0.924. The maximum absolute atomic E-state index is 11.9. The highest BCUT2D eigenvalue weighted by Crippen LogP contribution is 2.33. The predicted octanol–water partition coefficient (Wildman–Crippen LogP) is 2.37. The van der Waals surface area contributed by atoms with E-state index in [1.807, 2.05) is 0 Å². The second-order valence-corrected chi connectivity index (χ2v) is 3.58. The molecule has 0 unspecified atom stereocenters. The van der Waals surface area contributed by atoms with E-state index in [0.29, 0.717) is 0 Å². The molecule has 1 amide bonds. The number of halogens is 4. The van der Waals surface area contributed by atoms with Crippen LogP contribution in [0.3, 0.4) is 0 Å². The lowest BCUT2D eigenvalue weighted by Crippen LogP contribution is -2.13. The summed E-state index contributed by atoms with van der Waals surface area (Å²) in [7, 11) is 0. The van der Waals surface area contributed by atoms with Gasteiger partial charge in [0.2, 0.25) is 0 Å². The van der Waals surface area contributed by atoms with Crippen LogP contribution in [0.1, 0.15) is 0 Å². The summed E-state index contributed by atoms with van der Waals surface area (Å²) in [5.74, 6) is 0. The summed E-state index contributed by atoms with van der Waals surface area (Å²) >= 11 is 9.25. The van der Waals surface area contributed by atoms with Gasteiger partial charge in [0.05, 0.1) is 0 Å². The van der Waals surface area contributed by atoms with Crippen LogP contribution in [0.15, 0.2) is 0 Å². The number of carbonyl (C=O) groups is 1. The highest BCUT2D eigenvalue weighted by atomic mass is 35.5. The Hall–Kier alpha value is 0.260. The van der Waals surface area contributed by atoms with E-state index < -0.39 is 10.1 Å². The summed E-state index contributed by atoms with van der Waals surface area (Å²) in [6.45, 7) is 0. The summed E-state index contributed by atoms with van der Waals surface area (Å²) in [6.07, 6.45) is -1.90. The molecular weight excluding hydrogens is 195 g/mol. The predicted molar refractivity (Wildman–Crippen MR) is 32.8 cm³/mol. The molecule has 0 fully saturated rings. The summed E-state index contributed by atoms with van der Waals surface area (Å²) in [5.41, 5.74) is 0. The summed E-state index contributed by atoms with van der Waals surface area (Å²) in [4.78, 5) is 9.41. The minimum Gasteiger partial charge on any atom is -0.267 e. The van der Waals surface area contributed by atoms with E-state index in [2.05, 4.69) is 23.2 Å². The van der Waals surface area contributed by atoms with Gasteiger partial charge in [-0.15, -0.1) is 4.39 Å². The van der Waals surface area contributed by atoms with Gasteiger partial charge in [-0.25, -0.2) is 4.79 Å². The fraction of sp³-hybridized carbons (Fsp3) is 0.500. The Morgan fingerprint density at radius 2 is 2.11 bits per heavy atom. The fourth-order valence-electron chi connectivity index (χ4n) is 0.0980. The van der Waals surface area contributed by atoms with Crippen LogP contribution in [0, 0.1) is 0 Å². The molecule has 0 aliphatic heterocycles. The van der Waals surface area contributed by atoms with Gasteiger partial charge >= 0.3 is 10.1 Å². The lowest BCUT2D eigenvalue weighted by atomic mass is 11.4. The zero-order valence-corrected chi connectivity index (χ0v) is 6.16. The number of hydrogen-bond acceptors (Lipinski definition) is 2. The first-order chi connectivity index (χ1) is 3.92. The number of carbonyl (C=O) groups excluding carboxylic acids is 1. The quantitative estimate of drug-likeness (QED) is 0.318. The molecule has 0 heterocycles. The maximum atomic E-state index is 11.9. The maximum Gasteiger partial charge on any atom is 0.407 e. The van der Waals surface area contributed by atoms with E-state index in [1.165, 1.54) is 4.72 Å². The van der Waals surface area contributed by atoms with Crippen molar-refractivity contribution in [2.24, 2.45) is 0 Å². The minimum atomic E-state index is -2.68. The first-order valence-electron chi connectivity index (χ1n) is 1.62. The summed E-state index contributed by atoms with van der Waals surface area (Å²) in [6, 6.07) is 0. The molecule has 0 aliphatic carbocycles. The molecule has 1 N–H and O–H groups in total. The molecule has 0 aromatic rings. The average Bonchev–Trinajstić information content (AvgIpc) is 1.59. The number of amides is 1. The minimum absolute atomic E-state index is 0.0687. The molecule has 9 heavy (non-hydrogen) atoms. The molecule has 0 aromatic heterocycles. The average molecular weight is 196 g/mol. The van der Waals surface area contributed by atoms with E-state index in [1.54, 1.807) is 0 Å². The third-order valence-electron chi connectivity index (χ3n) is 0.247. The third-order valence-corrected chi connectivity index (χ3v) is 1.20. The molecule has 0 aromatic carbocycles. The van der Waals surface area contributed by atoms with Crippen molar-refractivity contribution in [2.45, 2.75) is 3.92 Å². The van der Waals surface area contributed by atoms with Crippen LogP contribution in [0.2, 0.25) is 0 Å². The van der Waals surface area contributed by atoms with Crippen molar-refractivity contribution in [3.05, 3.63) is 0 Å². The zero-order valence-electron chi connectivity index (χ0n) is 3.83. The van der Waals surface area contributed by atoms with Crippen LogP contribution in [0.5, 0.6) is 0 Å². The van der Waals surface area contributed by atoms with Crippen molar-refractivity contribution in [1.82, 2.24) is 4.72 Å². The standard InChI is InChI=1S/C2HCl2F2NOS/c3-2(4,6)9-7-1(5)8/h(H,7,8). The van der Waals surface area contributed by atoms with Crippen LogP contribution >= 0.6 is 35.1 Å². The van der Waals surface area contributed by atoms with Crippen molar-refractivity contribution < 1.29 is 13.6 Å². The first-order valence-corrected chi connectivity index (χ1v) is 3.19. The molecule has 7 heteroatoms. The Kier molecular flexibility index (Phi) is 3.53. The topological polar surface area (TPSA) is 29.1 Å². The molecular formula is C2HCl2F2NOS. The molecule has 0 atom stereocenters. The van der Waals surface area contributed by atoms with E-state index in [4.69, 9.17) is 0 Å². The number of rotatable bonds is 2. The van der Waals surface area contributed by atoms with Crippen molar-refractivity contribution in [2.75, 3.05) is 0 Å². The van der Waals surface area contributed by atoms with Gasteiger partial charge in [-0.2, -0.15) is 4.39 Å². The largest absolute Gasteiger partial charge is 0.407 e. The fourth-order valence-corrected chi connectivity index (χ4v) is 0.525. The zero-order chi connectivity index (χ0) is 7.49. The van der Waals surface area contributed by atoms with Crippen LogP contribution in [-0.2, 0) is 0 Å². The first kappa shape index (κ1) is 9.26. The lowest BCUT2D eigenvalue weighted by molar-refractivity contribution is 0.228. The Balaban J connectivity index is 3.39. The van der Waals surface area contributed by atoms with Crippen molar-refractivity contribution in [3.63, 3.8) is 0 Å². The van der Waals surface area contributed by atoms with Crippen molar-refractivity contribution >= 4 is 41.3 Å². The van der Waals surface area contributed by atoms with Gasteiger partial charge in [0.25, 0.3) is 0 Å². The van der Waals surface area contributed by atoms with Gasteiger partial charge < -0.3 is 0 Å². The molecule has 2 nitrogen and oxygen atoms in total. The number of alkyl halides is 3. The van der Waals surface area contributed by atoms with Gasteiger partial charge in [0, 0.05) is 11.9 Å². The van der Waals surface area contributed by atoms with Crippen LogP contribution in [0.4, 0.5) is 13.6 Å². The van der Waals surface area contributed by atoms with E-state index in [0.717, 1.165) is 0 Å². The highest BCUT2D eigenvalue weighted by Gasteiger charge is 2.24. The van der Waals surface area contributed by atoms with Crippen molar-refractivity contribution in [3.8, 4) is 0 Å². The highest BCUT2D eigenvalue weighted by molar-refractivity contribution is 8.01. The van der Waals surface area contributed by atoms with Crippen LogP contribution in [0.25, 0.3) is 0 Å². The summed E-state index contributed by atoms with van der Waals surface area (Å²) in [5, 5.41) is 0. The van der Waals surface area contributed by atoms with E-state index in [-0.39, 0.29) is 11.9 Å². The van der Waals surface area contributed by atoms with Gasteiger partial charge in [-0.1, -0.05) is 23.2 Å².